The van der Waals surface area contributed by atoms with Crippen molar-refractivity contribution in [2.24, 2.45) is 0 Å². The average Bonchev–Trinajstić information content (AvgIpc) is 3.25. The van der Waals surface area contributed by atoms with Gasteiger partial charge >= 0.3 is 0 Å². The normalized spacial score (nSPS) is 21.0. The minimum absolute atomic E-state index is 0.0728. The molecule has 0 bridgehead atoms. The predicted molar refractivity (Wildman–Crippen MR) is 113 cm³/mol. The summed E-state index contributed by atoms with van der Waals surface area (Å²) in [4.78, 5) is 27.0. The number of benzene rings is 2. The molecule has 1 fully saturated rings. The molecular formula is C24H22FN3O3. The zero-order valence-corrected chi connectivity index (χ0v) is 17.0. The number of amides is 1. The van der Waals surface area contributed by atoms with Crippen LogP contribution in [0.25, 0.3) is 0 Å². The van der Waals surface area contributed by atoms with Crippen LogP contribution in [-0.4, -0.2) is 38.3 Å². The number of rotatable bonds is 3. The average molecular weight is 419 g/mol. The molecule has 0 unspecified atom stereocenters. The second-order valence-corrected chi connectivity index (χ2v) is 8.24. The first-order valence-electron chi connectivity index (χ1n) is 10.4. The van der Waals surface area contributed by atoms with Crippen molar-refractivity contribution >= 4 is 5.91 Å². The highest BCUT2D eigenvalue weighted by Crippen LogP contribution is 2.46. The van der Waals surface area contributed by atoms with Gasteiger partial charge in [0.2, 0.25) is 5.43 Å². The van der Waals surface area contributed by atoms with Gasteiger partial charge in [0, 0.05) is 12.5 Å². The van der Waals surface area contributed by atoms with E-state index >= 15 is 0 Å². The number of halogens is 1. The number of aryl methyl sites for hydroxylation is 1. The molecule has 1 N–H and O–H groups in total. The van der Waals surface area contributed by atoms with Gasteiger partial charge in [0.1, 0.15) is 5.82 Å². The Bertz CT molecular complexity index is 1220. The number of hydrogen-bond donors (Lipinski definition) is 1. The molecule has 3 atom stereocenters. The number of aromatic hydroxyl groups is 1. The molecule has 1 aromatic heterocycles. The van der Waals surface area contributed by atoms with Gasteiger partial charge in [-0.2, -0.15) is 5.10 Å². The van der Waals surface area contributed by atoms with E-state index in [2.05, 4.69) is 5.10 Å². The summed E-state index contributed by atoms with van der Waals surface area (Å²) >= 11 is 0. The van der Waals surface area contributed by atoms with Crippen LogP contribution in [0.15, 0.2) is 59.5 Å². The molecule has 6 nitrogen and oxygen atoms in total. The molecule has 31 heavy (non-hydrogen) atoms. The summed E-state index contributed by atoms with van der Waals surface area (Å²) in [5.74, 6) is -1.52. The lowest BCUT2D eigenvalue weighted by Crippen LogP contribution is -2.51. The Kier molecular flexibility index (Phi) is 4.61. The summed E-state index contributed by atoms with van der Waals surface area (Å²) in [6.07, 6.45) is 2.67. The van der Waals surface area contributed by atoms with Crippen molar-refractivity contribution in [2.45, 2.75) is 37.8 Å². The Morgan fingerprint density at radius 2 is 1.87 bits per heavy atom. The molecule has 5 rings (SSSR count). The third kappa shape index (κ3) is 3.03. The lowest BCUT2D eigenvalue weighted by molar-refractivity contribution is 0.0565. The first-order chi connectivity index (χ1) is 15.0. The van der Waals surface area contributed by atoms with Crippen molar-refractivity contribution in [2.75, 3.05) is 6.54 Å². The topological polar surface area (TPSA) is 75.4 Å². The molecule has 0 saturated carbocycles. The van der Waals surface area contributed by atoms with Crippen molar-refractivity contribution in [1.29, 1.82) is 0 Å². The van der Waals surface area contributed by atoms with Gasteiger partial charge in [-0.15, -0.1) is 0 Å². The molecule has 0 spiro atoms. The van der Waals surface area contributed by atoms with E-state index in [1.807, 2.05) is 31.2 Å². The van der Waals surface area contributed by atoms with Crippen LogP contribution >= 0.6 is 0 Å². The van der Waals surface area contributed by atoms with E-state index in [1.54, 1.807) is 17.0 Å². The monoisotopic (exact) mass is 419 g/mol. The van der Waals surface area contributed by atoms with Crippen LogP contribution in [0.3, 0.4) is 0 Å². The number of carbonyl (C=O) groups is 1. The van der Waals surface area contributed by atoms with E-state index in [-0.39, 0.29) is 35.4 Å². The van der Waals surface area contributed by atoms with Crippen molar-refractivity contribution in [1.82, 2.24) is 14.7 Å². The van der Waals surface area contributed by atoms with Crippen LogP contribution in [0.4, 0.5) is 4.39 Å². The Morgan fingerprint density at radius 3 is 2.61 bits per heavy atom. The molecule has 2 aliphatic rings. The smallest absolute Gasteiger partial charge is 0.276 e. The molecule has 2 aromatic carbocycles. The SMILES string of the molecule is Cc1ccccc1[C@H](c1ccc(F)cc1)[C@@H]1[C@H]2CCCN2C(=O)c2c(O)c(=O)cnn21. The highest BCUT2D eigenvalue weighted by Gasteiger charge is 2.48. The van der Waals surface area contributed by atoms with Gasteiger partial charge < -0.3 is 10.0 Å². The maximum Gasteiger partial charge on any atom is 0.276 e. The number of fused-ring (bicyclic) bond motifs is 2. The van der Waals surface area contributed by atoms with Crippen LogP contribution in [-0.2, 0) is 0 Å². The molecule has 3 heterocycles. The third-order valence-electron chi connectivity index (χ3n) is 6.52. The standard InChI is InChI=1S/C24H22FN3O3/c1-14-5-2-3-6-17(14)20(15-8-10-16(25)11-9-15)21-18-7-4-12-27(18)24(31)22-23(30)19(29)13-26-28(21)22/h2-3,5-6,8-11,13,18,20-21,30H,4,7,12H2,1H3/t18-,20+,21+/m1/s1. The largest absolute Gasteiger partial charge is 0.502 e. The van der Waals surface area contributed by atoms with Crippen LogP contribution in [0.2, 0.25) is 0 Å². The summed E-state index contributed by atoms with van der Waals surface area (Å²) in [6.45, 7) is 2.58. The lowest BCUT2D eigenvalue weighted by Gasteiger charge is -2.42. The van der Waals surface area contributed by atoms with Crippen LogP contribution in [0.1, 0.15) is 52.0 Å². The van der Waals surface area contributed by atoms with Crippen molar-refractivity contribution in [3.63, 3.8) is 0 Å². The fourth-order valence-electron chi connectivity index (χ4n) is 5.11. The summed E-state index contributed by atoms with van der Waals surface area (Å²) in [6, 6.07) is 13.8. The first-order valence-corrected chi connectivity index (χ1v) is 10.4. The Hall–Kier alpha value is -3.48. The van der Waals surface area contributed by atoms with Crippen molar-refractivity contribution in [3.05, 3.63) is 93.2 Å². The maximum absolute atomic E-state index is 13.7. The third-order valence-corrected chi connectivity index (χ3v) is 6.52. The summed E-state index contributed by atoms with van der Waals surface area (Å²) in [5, 5.41) is 14.8. The van der Waals surface area contributed by atoms with E-state index in [1.165, 1.54) is 16.8 Å². The van der Waals surface area contributed by atoms with Gasteiger partial charge in [-0.05, 0) is 48.6 Å². The quantitative estimate of drug-likeness (QED) is 0.706. The number of hydrogen-bond acceptors (Lipinski definition) is 4. The second kappa shape index (κ2) is 7.34. The van der Waals surface area contributed by atoms with E-state index in [9.17, 15) is 19.1 Å². The zero-order chi connectivity index (χ0) is 21.7. The maximum atomic E-state index is 13.7. The minimum atomic E-state index is -0.676. The lowest BCUT2D eigenvalue weighted by atomic mass is 9.78. The fourth-order valence-corrected chi connectivity index (χ4v) is 5.11. The van der Waals surface area contributed by atoms with E-state index < -0.39 is 11.2 Å². The zero-order valence-electron chi connectivity index (χ0n) is 17.0. The Balaban J connectivity index is 1.79. The highest BCUT2D eigenvalue weighted by molar-refractivity contribution is 5.96. The number of nitrogens with zero attached hydrogens (tertiary/aromatic N) is 3. The molecule has 0 aliphatic carbocycles. The van der Waals surface area contributed by atoms with Gasteiger partial charge in [0.15, 0.2) is 11.4 Å². The van der Waals surface area contributed by atoms with Crippen LogP contribution < -0.4 is 5.43 Å². The summed E-state index contributed by atoms with van der Waals surface area (Å²) < 4.78 is 15.3. The fraction of sp³-hybridized carbons (Fsp3) is 0.292. The van der Waals surface area contributed by atoms with E-state index in [0.29, 0.717) is 6.54 Å². The Morgan fingerprint density at radius 1 is 1.13 bits per heavy atom. The Labute approximate surface area is 178 Å². The molecule has 2 aliphatic heterocycles. The van der Waals surface area contributed by atoms with Gasteiger partial charge in [0.25, 0.3) is 5.91 Å². The van der Waals surface area contributed by atoms with Crippen LogP contribution in [0, 0.1) is 12.7 Å². The second-order valence-electron chi connectivity index (χ2n) is 8.24. The number of carbonyl (C=O) groups excluding carboxylic acids is 1. The molecule has 7 heteroatoms. The molecule has 1 amide bonds. The predicted octanol–water partition coefficient (Wildman–Crippen LogP) is 3.39. The van der Waals surface area contributed by atoms with Crippen molar-refractivity contribution in [3.8, 4) is 5.75 Å². The van der Waals surface area contributed by atoms with Gasteiger partial charge in [-0.1, -0.05) is 36.4 Å². The van der Waals surface area contributed by atoms with Gasteiger partial charge in [0.05, 0.1) is 18.3 Å². The molecular weight excluding hydrogens is 397 g/mol. The molecule has 158 valence electrons. The molecule has 1 saturated heterocycles. The first kappa shape index (κ1) is 19.5. The summed E-state index contributed by atoms with van der Waals surface area (Å²) in [5.41, 5.74) is 2.23. The molecule has 3 aromatic rings. The summed E-state index contributed by atoms with van der Waals surface area (Å²) in [7, 11) is 0. The van der Waals surface area contributed by atoms with Gasteiger partial charge in [-0.3, -0.25) is 14.3 Å². The highest BCUT2D eigenvalue weighted by atomic mass is 19.1. The van der Waals surface area contributed by atoms with E-state index in [4.69, 9.17) is 0 Å². The number of aromatic nitrogens is 2. The minimum Gasteiger partial charge on any atom is -0.502 e. The molecule has 0 radical (unpaired) electrons. The van der Waals surface area contributed by atoms with Gasteiger partial charge in [-0.25, -0.2) is 4.39 Å². The van der Waals surface area contributed by atoms with Crippen LogP contribution in [0.5, 0.6) is 5.75 Å². The van der Waals surface area contributed by atoms with Crippen molar-refractivity contribution < 1.29 is 14.3 Å². The van der Waals surface area contributed by atoms with E-state index in [0.717, 1.165) is 35.7 Å².